The van der Waals surface area contributed by atoms with E-state index in [9.17, 15) is 0 Å². The fourth-order valence-corrected chi connectivity index (χ4v) is 2.15. The lowest BCUT2D eigenvalue weighted by Gasteiger charge is -2.21. The summed E-state index contributed by atoms with van der Waals surface area (Å²) in [6, 6.07) is 0. The van der Waals surface area contributed by atoms with Crippen LogP contribution in [0.15, 0.2) is 0 Å². The van der Waals surface area contributed by atoms with Crippen LogP contribution in [0.3, 0.4) is 0 Å². The molecule has 0 unspecified atom stereocenters. The lowest BCUT2D eigenvalue weighted by atomic mass is 10.4. The number of aromatic nitrogens is 6. The van der Waals surface area contributed by atoms with E-state index in [-0.39, 0.29) is 23.8 Å². The molecule has 0 amide bonds. The first-order chi connectivity index (χ1) is 12.5. The van der Waals surface area contributed by atoms with E-state index in [0.717, 1.165) is 0 Å². The van der Waals surface area contributed by atoms with Crippen LogP contribution in [-0.2, 0) is 0 Å². The van der Waals surface area contributed by atoms with E-state index in [1.807, 2.05) is 0 Å². The second-order valence-corrected chi connectivity index (χ2v) is 5.23. The second kappa shape index (κ2) is 9.28. The zero-order valence-corrected chi connectivity index (χ0v) is 14.3. The number of nitrogens with one attached hydrogen (secondary N) is 2. The van der Waals surface area contributed by atoms with E-state index >= 15 is 0 Å². The smallest absolute Gasteiger partial charge is 0.229 e. The van der Waals surface area contributed by atoms with Gasteiger partial charge in [-0.2, -0.15) is 29.9 Å². The number of hydrogen-bond acceptors (Lipinski definition) is 14. The molecule has 2 heterocycles. The summed E-state index contributed by atoms with van der Waals surface area (Å²) in [4.78, 5) is 25.4. The Morgan fingerprint density at radius 3 is 1.35 bits per heavy atom. The Bertz CT molecular complexity index is 608. The first-order valence-corrected chi connectivity index (χ1v) is 7.90. The molecule has 0 aromatic carbocycles. The molecule has 12 N–H and O–H groups in total. The molecular formula is C12H24N14. The molecule has 14 heteroatoms. The molecule has 0 aliphatic carbocycles. The second-order valence-electron chi connectivity index (χ2n) is 5.23. The van der Waals surface area contributed by atoms with E-state index in [1.54, 1.807) is 0 Å². The van der Waals surface area contributed by atoms with Gasteiger partial charge in [-0.05, 0) is 0 Å². The lowest BCUT2D eigenvalue weighted by molar-refractivity contribution is 0.302. The molecule has 0 fully saturated rings. The van der Waals surface area contributed by atoms with Crippen molar-refractivity contribution in [3.63, 3.8) is 0 Å². The molecule has 2 aromatic rings. The van der Waals surface area contributed by atoms with E-state index in [2.05, 4.69) is 45.4 Å². The number of nitrogens with zero attached hydrogens (tertiary/aromatic N) is 7. The molecule has 2 aromatic heterocycles. The summed E-state index contributed by atoms with van der Waals surface area (Å²) in [5.74, 6) is 0.935. The van der Waals surface area contributed by atoms with Crippen LogP contribution in [0, 0.1) is 0 Å². The average Bonchev–Trinajstić information content (AvgIpc) is 2.53. The van der Waals surface area contributed by atoms with Crippen molar-refractivity contribution in [3.05, 3.63) is 0 Å². The van der Waals surface area contributed by atoms with Gasteiger partial charge in [-0.25, -0.2) is 0 Å². The normalized spacial score (nSPS) is 10.8. The number of nitrogens with two attached hydrogens (primary N) is 5. The van der Waals surface area contributed by atoms with Gasteiger partial charge in [0, 0.05) is 39.3 Å². The summed E-state index contributed by atoms with van der Waals surface area (Å²) in [6.07, 6.45) is 0. The first kappa shape index (κ1) is 19.1. The maximum Gasteiger partial charge on any atom is 0.229 e. The third kappa shape index (κ3) is 6.33. The summed E-state index contributed by atoms with van der Waals surface area (Å²) in [6.45, 7) is 3.80. The van der Waals surface area contributed by atoms with Crippen molar-refractivity contribution in [2.75, 3.05) is 72.8 Å². The molecule has 0 aliphatic heterocycles. The number of anilines is 6. The molecule has 0 spiro atoms. The quantitative estimate of drug-likeness (QED) is 0.225. The third-order valence-corrected chi connectivity index (χ3v) is 3.21. The van der Waals surface area contributed by atoms with Gasteiger partial charge in [0.1, 0.15) is 0 Å². The summed E-state index contributed by atoms with van der Waals surface area (Å²) < 4.78 is 0. The fraction of sp³-hybridized carbons (Fsp3) is 0.500. The zero-order chi connectivity index (χ0) is 18.9. The van der Waals surface area contributed by atoms with Gasteiger partial charge in [-0.15, -0.1) is 0 Å². The third-order valence-electron chi connectivity index (χ3n) is 3.21. The van der Waals surface area contributed by atoms with Crippen molar-refractivity contribution in [3.8, 4) is 0 Å². The molecule has 0 aliphatic rings. The summed E-state index contributed by atoms with van der Waals surface area (Å²) in [5.41, 5.74) is 27.8. The molecule has 0 saturated heterocycles. The van der Waals surface area contributed by atoms with Crippen LogP contribution in [0.25, 0.3) is 0 Å². The van der Waals surface area contributed by atoms with Crippen molar-refractivity contribution in [2.45, 2.75) is 0 Å². The van der Waals surface area contributed by atoms with E-state index in [0.29, 0.717) is 51.2 Å². The van der Waals surface area contributed by atoms with E-state index in [4.69, 9.17) is 28.7 Å². The Morgan fingerprint density at radius 1 is 0.615 bits per heavy atom. The minimum absolute atomic E-state index is 0.0684. The van der Waals surface area contributed by atoms with Gasteiger partial charge in [0.2, 0.25) is 35.7 Å². The van der Waals surface area contributed by atoms with E-state index < -0.39 is 0 Å². The highest BCUT2D eigenvalue weighted by Crippen LogP contribution is 2.04. The standard InChI is InChI=1S/C12H24N14/c13-1-4-26(5-2-18-11-22-7(14)20-8(15)23-11)6-3-19-12-24-9(16)21-10(17)25-12/h1-6,13H2,(H5,14,15,18,20,22,23)(H5,16,17,19,21,24,25). The van der Waals surface area contributed by atoms with Crippen LogP contribution in [0.2, 0.25) is 0 Å². The van der Waals surface area contributed by atoms with Crippen LogP contribution in [0.4, 0.5) is 35.7 Å². The van der Waals surface area contributed by atoms with Gasteiger partial charge in [0.15, 0.2) is 0 Å². The average molecular weight is 364 g/mol. The van der Waals surface area contributed by atoms with Crippen molar-refractivity contribution < 1.29 is 0 Å². The van der Waals surface area contributed by atoms with Crippen molar-refractivity contribution >= 4 is 35.7 Å². The minimum atomic E-state index is 0.0684. The molecule has 14 nitrogen and oxygen atoms in total. The number of nitrogen functional groups attached to an aromatic ring is 4. The predicted octanol–water partition coefficient (Wildman–Crippen LogP) is -2.83. The van der Waals surface area contributed by atoms with Gasteiger partial charge >= 0.3 is 0 Å². The molecule has 0 atom stereocenters. The summed E-state index contributed by atoms with van der Waals surface area (Å²) in [5, 5.41) is 6.09. The van der Waals surface area contributed by atoms with Crippen LogP contribution >= 0.6 is 0 Å². The summed E-state index contributed by atoms with van der Waals surface area (Å²) in [7, 11) is 0. The lowest BCUT2D eigenvalue weighted by Crippen LogP contribution is -2.37. The molecule has 142 valence electrons. The Morgan fingerprint density at radius 2 is 1.00 bits per heavy atom. The monoisotopic (exact) mass is 364 g/mol. The molecular weight excluding hydrogens is 340 g/mol. The number of hydrogen-bond donors (Lipinski definition) is 7. The molecule has 0 bridgehead atoms. The Balaban J connectivity index is 1.78. The summed E-state index contributed by atoms with van der Waals surface area (Å²) >= 11 is 0. The number of rotatable bonds is 10. The van der Waals surface area contributed by atoms with Gasteiger partial charge in [-0.3, -0.25) is 4.90 Å². The topological polar surface area (TPSA) is 235 Å². The SMILES string of the molecule is NCCN(CCNc1nc(N)nc(N)n1)CCNc1nc(N)nc(N)n1. The van der Waals surface area contributed by atoms with Crippen molar-refractivity contribution in [1.29, 1.82) is 0 Å². The zero-order valence-electron chi connectivity index (χ0n) is 14.3. The molecule has 26 heavy (non-hydrogen) atoms. The Kier molecular flexibility index (Phi) is 6.81. The molecule has 0 saturated carbocycles. The van der Waals surface area contributed by atoms with Crippen molar-refractivity contribution in [2.24, 2.45) is 5.73 Å². The van der Waals surface area contributed by atoms with Gasteiger partial charge in [0.05, 0.1) is 0 Å². The minimum Gasteiger partial charge on any atom is -0.368 e. The maximum atomic E-state index is 5.66. The molecule has 2 rings (SSSR count). The predicted molar refractivity (Wildman–Crippen MR) is 99.8 cm³/mol. The van der Waals surface area contributed by atoms with Crippen molar-refractivity contribution in [1.82, 2.24) is 34.8 Å². The van der Waals surface area contributed by atoms with Crippen LogP contribution in [-0.4, -0.2) is 74.1 Å². The molecule has 0 radical (unpaired) electrons. The van der Waals surface area contributed by atoms with Crippen LogP contribution in [0.5, 0.6) is 0 Å². The van der Waals surface area contributed by atoms with Gasteiger partial charge in [0.25, 0.3) is 0 Å². The maximum absolute atomic E-state index is 5.66. The first-order valence-electron chi connectivity index (χ1n) is 7.90. The van der Waals surface area contributed by atoms with Gasteiger partial charge in [-0.1, -0.05) is 0 Å². The largest absolute Gasteiger partial charge is 0.368 e. The fourth-order valence-electron chi connectivity index (χ4n) is 2.15. The Hall–Kier alpha value is -3.26. The Labute approximate surface area is 150 Å². The van der Waals surface area contributed by atoms with Gasteiger partial charge < -0.3 is 39.3 Å². The highest BCUT2D eigenvalue weighted by molar-refractivity contribution is 5.37. The van der Waals surface area contributed by atoms with Crippen LogP contribution < -0.4 is 39.3 Å². The highest BCUT2D eigenvalue weighted by Gasteiger charge is 2.07. The van der Waals surface area contributed by atoms with E-state index in [1.165, 1.54) is 0 Å². The highest BCUT2D eigenvalue weighted by atomic mass is 15.2. The van der Waals surface area contributed by atoms with Crippen LogP contribution in [0.1, 0.15) is 0 Å².